The van der Waals surface area contributed by atoms with Gasteiger partial charge in [0.2, 0.25) is 0 Å². The van der Waals surface area contributed by atoms with E-state index in [2.05, 4.69) is 15.4 Å². The van der Waals surface area contributed by atoms with Gasteiger partial charge in [-0.3, -0.25) is 14.3 Å². The number of carbonyl (C=O) groups excluding carboxylic acids is 1. The van der Waals surface area contributed by atoms with Crippen molar-refractivity contribution >= 4 is 5.91 Å². The Bertz CT molecular complexity index is 1030. The first-order valence-electron chi connectivity index (χ1n) is 8.59. The molecule has 0 atom stereocenters. The number of rotatable bonds is 7. The lowest BCUT2D eigenvalue weighted by atomic mass is 10.2. The first-order chi connectivity index (χ1) is 13.5. The molecule has 9 heteroatoms. The number of aromatic nitrogens is 4. The second-order valence-electron chi connectivity index (χ2n) is 5.96. The highest BCUT2D eigenvalue weighted by Crippen LogP contribution is 2.27. The monoisotopic (exact) mass is 383 g/mol. The normalized spacial score (nSPS) is 10.5. The number of hydrogen-bond donors (Lipinski definition) is 1. The summed E-state index contributed by atoms with van der Waals surface area (Å²) < 4.78 is 13.1. The van der Waals surface area contributed by atoms with E-state index in [0.29, 0.717) is 22.9 Å². The summed E-state index contributed by atoms with van der Waals surface area (Å²) in [5, 5.41) is 7.11. The molecule has 0 radical (unpaired) electrons. The number of ether oxygens (including phenoxy) is 2. The van der Waals surface area contributed by atoms with E-state index in [4.69, 9.17) is 9.47 Å². The molecule has 9 nitrogen and oxygen atoms in total. The minimum atomic E-state index is -0.280. The fourth-order valence-electron chi connectivity index (χ4n) is 2.73. The average molecular weight is 383 g/mol. The Morgan fingerprint density at radius 1 is 1.18 bits per heavy atom. The quantitative estimate of drug-likeness (QED) is 0.656. The van der Waals surface area contributed by atoms with E-state index in [1.54, 1.807) is 43.7 Å². The minimum absolute atomic E-state index is 0.242. The Hall–Kier alpha value is -3.62. The Balaban J connectivity index is 1.67. The van der Waals surface area contributed by atoms with E-state index >= 15 is 0 Å². The zero-order valence-electron chi connectivity index (χ0n) is 15.9. The summed E-state index contributed by atoms with van der Waals surface area (Å²) in [7, 11) is 4.69. The van der Waals surface area contributed by atoms with Crippen molar-refractivity contribution in [3.63, 3.8) is 0 Å². The zero-order valence-corrected chi connectivity index (χ0v) is 15.9. The van der Waals surface area contributed by atoms with Gasteiger partial charge in [0.1, 0.15) is 0 Å². The maximum atomic E-state index is 12.4. The molecule has 3 rings (SSSR count). The van der Waals surface area contributed by atoms with Crippen LogP contribution in [-0.2, 0) is 13.6 Å². The van der Waals surface area contributed by atoms with Crippen LogP contribution in [0.5, 0.6) is 11.5 Å². The molecule has 1 amide bonds. The van der Waals surface area contributed by atoms with Gasteiger partial charge in [-0.2, -0.15) is 0 Å². The predicted octanol–water partition coefficient (Wildman–Crippen LogP) is 1.09. The van der Waals surface area contributed by atoms with Gasteiger partial charge in [0.05, 0.1) is 20.8 Å². The van der Waals surface area contributed by atoms with Crippen LogP contribution in [0.2, 0.25) is 0 Å². The lowest BCUT2D eigenvalue weighted by Gasteiger charge is -2.10. The maximum absolute atomic E-state index is 12.4. The van der Waals surface area contributed by atoms with Crippen LogP contribution in [-0.4, -0.2) is 46.0 Å². The van der Waals surface area contributed by atoms with Crippen molar-refractivity contribution in [3.8, 4) is 22.9 Å². The summed E-state index contributed by atoms with van der Waals surface area (Å²) in [6.45, 7) is 0.489. The van der Waals surface area contributed by atoms with Gasteiger partial charge in [-0.25, -0.2) is 9.48 Å². The molecular formula is C19H21N5O4. The van der Waals surface area contributed by atoms with Gasteiger partial charge in [-0.15, -0.1) is 5.10 Å². The van der Waals surface area contributed by atoms with Crippen LogP contribution >= 0.6 is 0 Å². The SMILES string of the molecule is COc1ccc(C(=O)NCCn2nc(-c3cccnc3)n(C)c2=O)cc1OC. The average Bonchev–Trinajstić information content (AvgIpc) is 3.02. The van der Waals surface area contributed by atoms with Crippen LogP contribution in [0.4, 0.5) is 0 Å². The van der Waals surface area contributed by atoms with E-state index in [9.17, 15) is 9.59 Å². The van der Waals surface area contributed by atoms with Crippen LogP contribution in [0.25, 0.3) is 11.4 Å². The molecule has 1 aromatic carbocycles. The van der Waals surface area contributed by atoms with E-state index in [0.717, 1.165) is 5.56 Å². The number of methoxy groups -OCH3 is 2. The smallest absolute Gasteiger partial charge is 0.345 e. The number of benzene rings is 1. The molecule has 0 saturated carbocycles. The molecule has 0 spiro atoms. The minimum Gasteiger partial charge on any atom is -0.493 e. The first-order valence-corrected chi connectivity index (χ1v) is 8.59. The van der Waals surface area contributed by atoms with Crippen molar-refractivity contribution in [2.45, 2.75) is 6.54 Å². The van der Waals surface area contributed by atoms with Crippen molar-refractivity contribution in [1.29, 1.82) is 0 Å². The van der Waals surface area contributed by atoms with Crippen LogP contribution in [0.15, 0.2) is 47.5 Å². The van der Waals surface area contributed by atoms with Crippen LogP contribution in [0.3, 0.4) is 0 Å². The zero-order chi connectivity index (χ0) is 20.1. The van der Waals surface area contributed by atoms with Crippen LogP contribution < -0.4 is 20.5 Å². The van der Waals surface area contributed by atoms with E-state index in [1.165, 1.54) is 23.5 Å². The molecule has 2 heterocycles. The highest BCUT2D eigenvalue weighted by Gasteiger charge is 2.13. The summed E-state index contributed by atoms with van der Waals surface area (Å²) >= 11 is 0. The number of pyridine rings is 1. The summed E-state index contributed by atoms with van der Waals surface area (Å²) in [6, 6.07) is 8.52. The second-order valence-corrected chi connectivity index (χ2v) is 5.96. The lowest BCUT2D eigenvalue weighted by molar-refractivity contribution is 0.0951. The van der Waals surface area contributed by atoms with Crippen molar-refractivity contribution < 1.29 is 14.3 Å². The maximum Gasteiger partial charge on any atom is 0.345 e. The summed E-state index contributed by atoms with van der Waals surface area (Å²) in [6.07, 6.45) is 3.30. The number of nitrogens with one attached hydrogen (secondary N) is 1. The summed E-state index contributed by atoms with van der Waals surface area (Å²) in [4.78, 5) is 28.8. The molecule has 0 bridgehead atoms. The Kier molecular flexibility index (Phi) is 5.73. The molecule has 3 aromatic rings. The topological polar surface area (TPSA) is 100 Å². The molecule has 146 valence electrons. The van der Waals surface area contributed by atoms with Gasteiger partial charge in [0, 0.05) is 37.1 Å². The van der Waals surface area contributed by atoms with Crippen molar-refractivity contribution in [1.82, 2.24) is 24.6 Å². The van der Waals surface area contributed by atoms with Gasteiger partial charge in [-0.05, 0) is 30.3 Å². The van der Waals surface area contributed by atoms with Crippen molar-refractivity contribution in [2.24, 2.45) is 7.05 Å². The Morgan fingerprint density at radius 2 is 1.96 bits per heavy atom. The van der Waals surface area contributed by atoms with Crippen molar-refractivity contribution in [3.05, 3.63) is 58.8 Å². The van der Waals surface area contributed by atoms with E-state index in [-0.39, 0.29) is 24.7 Å². The second kappa shape index (κ2) is 8.38. The first kappa shape index (κ1) is 19.2. The lowest BCUT2D eigenvalue weighted by Crippen LogP contribution is -2.31. The number of nitrogens with zero attached hydrogens (tertiary/aromatic N) is 4. The molecule has 0 unspecified atom stereocenters. The largest absolute Gasteiger partial charge is 0.493 e. The van der Waals surface area contributed by atoms with Crippen LogP contribution in [0, 0.1) is 0 Å². The third kappa shape index (κ3) is 3.88. The summed E-state index contributed by atoms with van der Waals surface area (Å²) in [5.74, 6) is 1.25. The van der Waals surface area contributed by atoms with E-state index in [1.807, 2.05) is 6.07 Å². The van der Waals surface area contributed by atoms with Crippen molar-refractivity contribution in [2.75, 3.05) is 20.8 Å². The standard InChI is InChI=1S/C19H21N5O4/c1-23-17(14-5-4-8-20-12-14)22-24(19(23)26)10-9-21-18(25)13-6-7-15(27-2)16(11-13)28-3/h4-8,11-12H,9-10H2,1-3H3,(H,21,25). The van der Waals surface area contributed by atoms with Gasteiger partial charge in [0.15, 0.2) is 17.3 Å². The molecule has 2 aromatic heterocycles. The predicted molar refractivity (Wildman–Crippen MR) is 103 cm³/mol. The third-order valence-corrected chi connectivity index (χ3v) is 4.22. The Labute approximate surface area is 161 Å². The summed E-state index contributed by atoms with van der Waals surface area (Å²) in [5.41, 5.74) is 0.913. The fourth-order valence-corrected chi connectivity index (χ4v) is 2.73. The molecule has 0 aliphatic carbocycles. The number of hydrogen-bond acceptors (Lipinski definition) is 6. The Morgan fingerprint density at radius 3 is 2.64 bits per heavy atom. The molecule has 0 aliphatic rings. The highest BCUT2D eigenvalue weighted by atomic mass is 16.5. The molecule has 28 heavy (non-hydrogen) atoms. The molecule has 0 saturated heterocycles. The molecule has 1 N–H and O–H groups in total. The fraction of sp³-hybridized carbons (Fsp3) is 0.263. The molecular weight excluding hydrogens is 362 g/mol. The van der Waals surface area contributed by atoms with Gasteiger partial charge in [0.25, 0.3) is 5.91 Å². The third-order valence-electron chi connectivity index (χ3n) is 4.22. The number of amides is 1. The van der Waals surface area contributed by atoms with Gasteiger partial charge in [-0.1, -0.05) is 0 Å². The van der Waals surface area contributed by atoms with Gasteiger partial charge < -0.3 is 14.8 Å². The highest BCUT2D eigenvalue weighted by molar-refractivity contribution is 5.94. The van der Waals surface area contributed by atoms with Gasteiger partial charge >= 0.3 is 5.69 Å². The molecule has 0 aliphatic heterocycles. The van der Waals surface area contributed by atoms with E-state index < -0.39 is 0 Å². The molecule has 0 fully saturated rings. The van der Waals surface area contributed by atoms with Crippen LogP contribution in [0.1, 0.15) is 10.4 Å². The number of carbonyl (C=O) groups is 1.